The number of aromatic nitrogens is 1. The number of quaternary nitrogens is 1. The number of hydrogen-bond acceptors (Lipinski definition) is 4. The summed E-state index contributed by atoms with van der Waals surface area (Å²) in [5, 5.41) is 1.31. The average Bonchev–Trinajstić information content (AvgIpc) is 3.28. The summed E-state index contributed by atoms with van der Waals surface area (Å²) >= 11 is 1.87. The molecule has 2 aromatic carbocycles. The number of ether oxygens (including phenoxy) is 2. The summed E-state index contributed by atoms with van der Waals surface area (Å²) in [6.45, 7) is 3.77. The van der Waals surface area contributed by atoms with E-state index < -0.39 is 0 Å². The van der Waals surface area contributed by atoms with Gasteiger partial charge in [-0.3, -0.25) is 0 Å². The zero-order valence-electron chi connectivity index (χ0n) is 14.0. The van der Waals surface area contributed by atoms with Crippen LogP contribution in [0, 0.1) is 0 Å². The predicted molar refractivity (Wildman–Crippen MR) is 98.6 cm³/mol. The van der Waals surface area contributed by atoms with E-state index >= 15 is 0 Å². The Labute approximate surface area is 151 Å². The minimum atomic E-state index is 0.342. The van der Waals surface area contributed by atoms with Crippen molar-refractivity contribution < 1.29 is 14.4 Å². The first-order valence-electron chi connectivity index (χ1n) is 8.93. The van der Waals surface area contributed by atoms with Crippen LogP contribution in [0.1, 0.15) is 29.3 Å². The maximum atomic E-state index is 5.51. The quantitative estimate of drug-likeness (QED) is 0.786. The number of para-hydroxylation sites is 1. The minimum Gasteiger partial charge on any atom is -0.454 e. The molecule has 0 aliphatic carbocycles. The van der Waals surface area contributed by atoms with Gasteiger partial charge in [-0.15, -0.1) is 11.3 Å². The summed E-state index contributed by atoms with van der Waals surface area (Å²) in [5.41, 5.74) is 2.47. The van der Waals surface area contributed by atoms with Crippen molar-refractivity contribution in [3.05, 3.63) is 53.0 Å². The molecule has 2 atom stereocenters. The van der Waals surface area contributed by atoms with Gasteiger partial charge >= 0.3 is 0 Å². The fourth-order valence-electron chi connectivity index (χ4n) is 3.93. The Morgan fingerprint density at radius 2 is 2.04 bits per heavy atom. The molecule has 5 rings (SSSR count). The SMILES string of the molecule is c1ccc2sc([C@H]3CCC[NH+](Cc4ccc5c(c4)OCO5)C3)nc2c1. The Morgan fingerprint density at radius 3 is 3.00 bits per heavy atom. The van der Waals surface area contributed by atoms with Gasteiger partial charge in [0.25, 0.3) is 0 Å². The van der Waals surface area contributed by atoms with Gasteiger partial charge in [-0.05, 0) is 43.2 Å². The van der Waals surface area contributed by atoms with Crippen LogP contribution in [-0.2, 0) is 6.54 Å². The molecule has 3 aromatic rings. The van der Waals surface area contributed by atoms with Crippen LogP contribution < -0.4 is 14.4 Å². The Kier molecular flexibility index (Phi) is 3.83. The number of thiazole rings is 1. The Bertz CT molecular complexity index is 875. The molecule has 128 valence electrons. The normalized spacial score (nSPS) is 22.4. The maximum Gasteiger partial charge on any atom is 0.231 e. The van der Waals surface area contributed by atoms with Crippen LogP contribution in [0.25, 0.3) is 10.2 Å². The van der Waals surface area contributed by atoms with Crippen molar-refractivity contribution in [2.75, 3.05) is 19.9 Å². The molecule has 1 aromatic heterocycles. The number of benzene rings is 2. The van der Waals surface area contributed by atoms with Gasteiger partial charge in [0.15, 0.2) is 11.5 Å². The molecule has 1 fully saturated rings. The second-order valence-corrected chi connectivity index (χ2v) is 7.99. The lowest BCUT2D eigenvalue weighted by molar-refractivity contribution is -0.920. The van der Waals surface area contributed by atoms with Gasteiger partial charge < -0.3 is 14.4 Å². The third-order valence-electron chi connectivity index (χ3n) is 5.17. The predicted octanol–water partition coefficient (Wildman–Crippen LogP) is 2.99. The van der Waals surface area contributed by atoms with Crippen LogP contribution in [0.15, 0.2) is 42.5 Å². The number of hydrogen-bond donors (Lipinski definition) is 1. The Morgan fingerprint density at radius 1 is 1.12 bits per heavy atom. The van der Waals surface area contributed by atoms with E-state index in [4.69, 9.17) is 14.5 Å². The summed E-state index contributed by atoms with van der Waals surface area (Å²) in [6.07, 6.45) is 2.52. The first-order chi connectivity index (χ1) is 12.3. The molecule has 3 heterocycles. The molecule has 2 aliphatic rings. The highest BCUT2D eigenvalue weighted by atomic mass is 32.1. The van der Waals surface area contributed by atoms with Crippen molar-refractivity contribution in [3.63, 3.8) is 0 Å². The monoisotopic (exact) mass is 353 g/mol. The third kappa shape index (κ3) is 2.98. The van der Waals surface area contributed by atoms with Crippen LogP contribution in [0.4, 0.5) is 0 Å². The van der Waals surface area contributed by atoms with Crippen molar-refractivity contribution >= 4 is 21.6 Å². The number of rotatable bonds is 3. The summed E-state index contributed by atoms with van der Waals surface area (Å²) in [7, 11) is 0. The van der Waals surface area contributed by atoms with Gasteiger partial charge in [0.2, 0.25) is 6.79 Å². The van der Waals surface area contributed by atoms with Crippen LogP contribution in [-0.4, -0.2) is 24.9 Å². The molecule has 1 N–H and O–H groups in total. The fraction of sp³-hybridized carbons (Fsp3) is 0.350. The van der Waals surface area contributed by atoms with Crippen LogP contribution in [0.2, 0.25) is 0 Å². The van der Waals surface area contributed by atoms with Crippen LogP contribution in [0.3, 0.4) is 0 Å². The highest BCUT2D eigenvalue weighted by Gasteiger charge is 2.27. The van der Waals surface area contributed by atoms with E-state index in [0.29, 0.717) is 12.7 Å². The van der Waals surface area contributed by atoms with Crippen molar-refractivity contribution in [3.8, 4) is 11.5 Å². The van der Waals surface area contributed by atoms with Gasteiger partial charge in [0, 0.05) is 5.56 Å². The zero-order valence-corrected chi connectivity index (χ0v) is 14.8. The lowest BCUT2D eigenvalue weighted by Crippen LogP contribution is -3.12. The lowest BCUT2D eigenvalue weighted by atomic mass is 9.98. The molecule has 0 amide bonds. The van der Waals surface area contributed by atoms with Gasteiger partial charge in [0.05, 0.1) is 29.2 Å². The molecular formula is C20H21N2O2S+. The number of nitrogens with one attached hydrogen (secondary N) is 1. The molecule has 25 heavy (non-hydrogen) atoms. The molecule has 2 aliphatic heterocycles. The van der Waals surface area contributed by atoms with Crippen LogP contribution >= 0.6 is 11.3 Å². The molecule has 4 nitrogen and oxygen atoms in total. The van der Waals surface area contributed by atoms with Crippen LogP contribution in [0.5, 0.6) is 11.5 Å². The number of nitrogens with zero attached hydrogens (tertiary/aromatic N) is 1. The topological polar surface area (TPSA) is 35.8 Å². The average molecular weight is 353 g/mol. The first kappa shape index (κ1) is 15.2. The molecule has 0 saturated carbocycles. The van der Waals surface area contributed by atoms with Crippen molar-refractivity contribution in [1.82, 2.24) is 4.98 Å². The van der Waals surface area contributed by atoms with Crippen molar-refractivity contribution in [1.29, 1.82) is 0 Å². The van der Waals surface area contributed by atoms with E-state index in [1.807, 2.05) is 17.4 Å². The molecule has 5 heteroatoms. The first-order valence-corrected chi connectivity index (χ1v) is 9.74. The molecule has 0 spiro atoms. The summed E-state index contributed by atoms with van der Waals surface area (Å²) in [4.78, 5) is 6.53. The molecule has 1 unspecified atom stereocenters. The van der Waals surface area contributed by atoms with E-state index in [9.17, 15) is 0 Å². The minimum absolute atomic E-state index is 0.342. The fourth-order valence-corrected chi connectivity index (χ4v) is 5.03. The zero-order chi connectivity index (χ0) is 16.6. The Balaban J connectivity index is 1.32. The van der Waals surface area contributed by atoms with Gasteiger partial charge in [0.1, 0.15) is 11.6 Å². The molecule has 0 radical (unpaired) electrons. The lowest BCUT2D eigenvalue weighted by Gasteiger charge is -2.29. The van der Waals surface area contributed by atoms with Crippen molar-refractivity contribution in [2.45, 2.75) is 25.3 Å². The number of fused-ring (bicyclic) bond motifs is 2. The van der Waals surface area contributed by atoms with E-state index in [1.54, 1.807) is 4.90 Å². The smallest absolute Gasteiger partial charge is 0.231 e. The highest BCUT2D eigenvalue weighted by Crippen LogP contribution is 2.33. The van der Waals surface area contributed by atoms with Crippen molar-refractivity contribution in [2.24, 2.45) is 0 Å². The van der Waals surface area contributed by atoms with E-state index in [-0.39, 0.29) is 0 Å². The second-order valence-electron chi connectivity index (χ2n) is 6.93. The second kappa shape index (κ2) is 6.32. The van der Waals surface area contributed by atoms with Gasteiger partial charge in [-0.25, -0.2) is 4.98 Å². The largest absolute Gasteiger partial charge is 0.454 e. The summed E-state index contributed by atoms with van der Waals surface area (Å²) in [6, 6.07) is 14.8. The number of piperidine rings is 1. The van der Waals surface area contributed by atoms with E-state index in [2.05, 4.69) is 36.4 Å². The molecule has 1 saturated heterocycles. The van der Waals surface area contributed by atoms with E-state index in [0.717, 1.165) is 30.1 Å². The number of likely N-dealkylation sites (tertiary alicyclic amines) is 1. The van der Waals surface area contributed by atoms with Gasteiger partial charge in [-0.2, -0.15) is 0 Å². The standard InChI is InChI=1S/C20H20N2O2S/c1-2-6-19-16(5-1)21-20(25-19)15-4-3-9-22(12-15)11-14-7-8-17-18(10-14)24-13-23-17/h1-2,5-8,10,15H,3-4,9,11-13H2/p+1/t15-/m0/s1. The third-order valence-corrected chi connectivity index (χ3v) is 6.37. The van der Waals surface area contributed by atoms with Gasteiger partial charge in [-0.1, -0.05) is 12.1 Å². The summed E-state index contributed by atoms with van der Waals surface area (Å²) < 4.78 is 12.2. The van der Waals surface area contributed by atoms with E-state index in [1.165, 1.54) is 34.7 Å². The summed E-state index contributed by atoms with van der Waals surface area (Å²) in [5.74, 6) is 2.33. The molecular weight excluding hydrogens is 332 g/mol. The Hall–Kier alpha value is -2.11. The molecule has 0 bridgehead atoms. The highest BCUT2D eigenvalue weighted by molar-refractivity contribution is 7.18. The maximum absolute atomic E-state index is 5.51.